The molecule has 1 unspecified atom stereocenters. The first-order chi connectivity index (χ1) is 15.3. The van der Waals surface area contributed by atoms with Crippen molar-refractivity contribution < 1.29 is 19.4 Å². The number of nitrogens with zero attached hydrogens (tertiary/aromatic N) is 3. The second-order valence-corrected chi connectivity index (χ2v) is 9.95. The molecule has 8 heteroatoms. The standard InChI is InChI=1S/C24H32N4O4/c1-24(2,3)32-23(30)27-11-9-18-21-19(27)14-25-10-12-31-22(21)26-28(18)17-8-7-16(13-20(17)29)15-5-4-6-15/h7-8,13,15,19,25,29H,4-6,9-12,14H2,1-3H3. The minimum Gasteiger partial charge on any atom is -0.506 e. The highest BCUT2D eigenvalue weighted by Crippen LogP contribution is 2.42. The Morgan fingerprint density at radius 2 is 2.12 bits per heavy atom. The number of carbonyl (C=O) groups excluding carboxylic acids is 1. The van der Waals surface area contributed by atoms with E-state index < -0.39 is 5.60 Å². The summed E-state index contributed by atoms with van der Waals surface area (Å²) >= 11 is 0. The van der Waals surface area contributed by atoms with Gasteiger partial charge in [-0.25, -0.2) is 9.48 Å². The van der Waals surface area contributed by atoms with Gasteiger partial charge in [0.05, 0.1) is 17.3 Å². The molecule has 0 spiro atoms. The number of carbonyl (C=O) groups is 1. The first-order valence-electron chi connectivity index (χ1n) is 11.6. The van der Waals surface area contributed by atoms with Crippen LogP contribution in [0.5, 0.6) is 11.6 Å². The third-order valence-corrected chi connectivity index (χ3v) is 6.57. The van der Waals surface area contributed by atoms with Crippen LogP contribution in [-0.4, -0.2) is 57.7 Å². The number of benzene rings is 1. The van der Waals surface area contributed by atoms with Crippen molar-refractivity contribution in [2.75, 3.05) is 26.2 Å². The van der Waals surface area contributed by atoms with Crippen LogP contribution in [0, 0.1) is 0 Å². The number of nitrogens with one attached hydrogen (secondary N) is 1. The number of aromatic nitrogens is 2. The van der Waals surface area contributed by atoms with Gasteiger partial charge in [0.1, 0.15) is 23.6 Å². The molecule has 172 valence electrons. The number of phenolic OH excluding ortho intramolecular Hbond substituents is 1. The second-order valence-electron chi connectivity index (χ2n) is 9.95. The van der Waals surface area contributed by atoms with Gasteiger partial charge in [-0.2, -0.15) is 0 Å². The predicted octanol–water partition coefficient (Wildman–Crippen LogP) is 3.66. The minimum absolute atomic E-state index is 0.227. The van der Waals surface area contributed by atoms with E-state index >= 15 is 0 Å². The minimum atomic E-state index is -0.566. The van der Waals surface area contributed by atoms with Crippen LogP contribution in [0.25, 0.3) is 5.69 Å². The summed E-state index contributed by atoms with van der Waals surface area (Å²) in [5, 5.41) is 19.0. The van der Waals surface area contributed by atoms with Crippen molar-refractivity contribution in [3.8, 4) is 17.3 Å². The lowest BCUT2D eigenvalue weighted by Crippen LogP contribution is -2.47. The van der Waals surface area contributed by atoms with E-state index in [1.54, 1.807) is 9.58 Å². The van der Waals surface area contributed by atoms with Gasteiger partial charge in [-0.3, -0.25) is 4.90 Å². The van der Waals surface area contributed by atoms with Crippen LogP contribution in [0.3, 0.4) is 0 Å². The smallest absolute Gasteiger partial charge is 0.410 e. The zero-order valence-electron chi connectivity index (χ0n) is 19.1. The summed E-state index contributed by atoms with van der Waals surface area (Å²) in [6.45, 7) is 7.90. The highest BCUT2D eigenvalue weighted by Gasteiger charge is 2.39. The number of hydrogen-bond acceptors (Lipinski definition) is 6. The molecule has 0 saturated heterocycles. The molecule has 1 saturated carbocycles. The third kappa shape index (κ3) is 3.81. The number of hydrogen-bond donors (Lipinski definition) is 2. The highest BCUT2D eigenvalue weighted by molar-refractivity contribution is 5.70. The Morgan fingerprint density at radius 1 is 1.31 bits per heavy atom. The Labute approximate surface area is 188 Å². The molecule has 8 nitrogen and oxygen atoms in total. The molecule has 1 fully saturated rings. The van der Waals surface area contributed by atoms with Gasteiger partial charge in [0.2, 0.25) is 5.88 Å². The van der Waals surface area contributed by atoms with E-state index in [9.17, 15) is 9.90 Å². The molecule has 2 aliphatic heterocycles. The van der Waals surface area contributed by atoms with Crippen LogP contribution >= 0.6 is 0 Å². The number of phenols is 1. The molecule has 2 N–H and O–H groups in total. The van der Waals surface area contributed by atoms with Crippen molar-refractivity contribution in [1.29, 1.82) is 0 Å². The topological polar surface area (TPSA) is 88.9 Å². The van der Waals surface area contributed by atoms with Crippen molar-refractivity contribution >= 4 is 6.09 Å². The maximum Gasteiger partial charge on any atom is 0.410 e. The van der Waals surface area contributed by atoms with Crippen molar-refractivity contribution in [2.45, 2.75) is 64.0 Å². The van der Waals surface area contributed by atoms with E-state index in [0.29, 0.717) is 50.1 Å². The summed E-state index contributed by atoms with van der Waals surface area (Å²) in [4.78, 5) is 14.7. The summed E-state index contributed by atoms with van der Waals surface area (Å²) in [6, 6.07) is 5.68. The summed E-state index contributed by atoms with van der Waals surface area (Å²) in [5.74, 6) is 1.31. The maximum atomic E-state index is 13.0. The molecular formula is C24H32N4O4. The molecule has 32 heavy (non-hydrogen) atoms. The lowest BCUT2D eigenvalue weighted by Gasteiger charge is -2.37. The lowest BCUT2D eigenvalue weighted by atomic mass is 9.80. The normalized spacial score (nSPS) is 21.1. The molecule has 1 aromatic heterocycles. The van der Waals surface area contributed by atoms with E-state index in [1.165, 1.54) is 24.8 Å². The summed E-state index contributed by atoms with van der Waals surface area (Å²) in [6.07, 6.45) is 3.89. The van der Waals surface area contributed by atoms with E-state index in [4.69, 9.17) is 14.6 Å². The van der Waals surface area contributed by atoms with E-state index in [1.807, 2.05) is 32.9 Å². The Morgan fingerprint density at radius 3 is 2.81 bits per heavy atom. The molecule has 1 aliphatic carbocycles. The fraction of sp³-hybridized carbons (Fsp3) is 0.583. The second kappa shape index (κ2) is 7.99. The largest absolute Gasteiger partial charge is 0.506 e. The Kier molecular flexibility index (Phi) is 5.28. The monoisotopic (exact) mass is 440 g/mol. The summed E-state index contributed by atoms with van der Waals surface area (Å²) < 4.78 is 13.5. The van der Waals surface area contributed by atoms with Gasteiger partial charge in [0.15, 0.2) is 0 Å². The van der Waals surface area contributed by atoms with Gasteiger partial charge in [-0.15, -0.1) is 5.10 Å². The van der Waals surface area contributed by atoms with Crippen molar-refractivity contribution in [1.82, 2.24) is 20.0 Å². The van der Waals surface area contributed by atoms with E-state index in [0.717, 1.165) is 11.3 Å². The molecule has 0 bridgehead atoms. The van der Waals surface area contributed by atoms with Crippen molar-refractivity contribution in [3.05, 3.63) is 35.0 Å². The molecule has 2 aromatic rings. The average molecular weight is 441 g/mol. The number of amides is 1. The first kappa shape index (κ1) is 21.1. The fourth-order valence-corrected chi connectivity index (χ4v) is 4.79. The Hall–Kier alpha value is -2.74. The van der Waals surface area contributed by atoms with Crippen LogP contribution in [-0.2, 0) is 11.2 Å². The molecule has 3 heterocycles. The SMILES string of the molecule is CC(C)(C)OC(=O)N1CCc2c3c(nn2-c2ccc(C4CCC4)cc2O)OCCNCC31. The Balaban J connectivity index is 1.53. The molecule has 1 atom stereocenters. The van der Waals surface area contributed by atoms with Gasteiger partial charge in [-0.05, 0) is 57.2 Å². The van der Waals surface area contributed by atoms with Crippen molar-refractivity contribution in [2.24, 2.45) is 0 Å². The fourth-order valence-electron chi connectivity index (χ4n) is 4.79. The molecule has 3 aliphatic rings. The molecule has 0 radical (unpaired) electrons. The zero-order chi connectivity index (χ0) is 22.5. The van der Waals surface area contributed by atoms with Crippen LogP contribution in [0.4, 0.5) is 4.79 Å². The van der Waals surface area contributed by atoms with Crippen LogP contribution in [0.2, 0.25) is 0 Å². The number of ether oxygens (including phenoxy) is 2. The highest BCUT2D eigenvalue weighted by atomic mass is 16.6. The molecule has 1 aromatic carbocycles. The summed E-state index contributed by atoms with van der Waals surface area (Å²) in [7, 11) is 0. The number of rotatable bonds is 2. The van der Waals surface area contributed by atoms with E-state index in [-0.39, 0.29) is 17.9 Å². The Bertz CT molecular complexity index is 1020. The first-order valence-corrected chi connectivity index (χ1v) is 11.6. The van der Waals surface area contributed by atoms with E-state index in [2.05, 4.69) is 11.4 Å². The third-order valence-electron chi connectivity index (χ3n) is 6.57. The maximum absolute atomic E-state index is 13.0. The van der Waals surface area contributed by atoms with Crippen LogP contribution in [0.15, 0.2) is 18.2 Å². The average Bonchev–Trinajstić information content (AvgIpc) is 3.01. The van der Waals surface area contributed by atoms with Gasteiger partial charge in [-0.1, -0.05) is 12.5 Å². The van der Waals surface area contributed by atoms with Crippen LogP contribution < -0.4 is 10.1 Å². The van der Waals surface area contributed by atoms with Gasteiger partial charge in [0, 0.05) is 26.1 Å². The summed E-state index contributed by atoms with van der Waals surface area (Å²) in [5.41, 5.74) is 3.14. The van der Waals surface area contributed by atoms with Crippen molar-refractivity contribution in [3.63, 3.8) is 0 Å². The van der Waals surface area contributed by atoms with Crippen LogP contribution in [0.1, 0.15) is 68.8 Å². The molecule has 1 amide bonds. The predicted molar refractivity (Wildman–Crippen MR) is 120 cm³/mol. The van der Waals surface area contributed by atoms with Gasteiger partial charge < -0.3 is 19.9 Å². The lowest BCUT2D eigenvalue weighted by molar-refractivity contribution is 0.0133. The quantitative estimate of drug-likeness (QED) is 0.741. The number of aromatic hydroxyl groups is 1. The molecular weight excluding hydrogens is 408 g/mol. The zero-order valence-corrected chi connectivity index (χ0v) is 19.1. The molecule has 5 rings (SSSR count). The van der Waals surface area contributed by atoms with Gasteiger partial charge >= 0.3 is 6.09 Å². The van der Waals surface area contributed by atoms with Gasteiger partial charge in [0.25, 0.3) is 0 Å².